The van der Waals surface area contributed by atoms with Crippen molar-refractivity contribution >= 4 is 11.9 Å². The van der Waals surface area contributed by atoms with Gasteiger partial charge in [-0.3, -0.25) is 9.69 Å². The third-order valence-corrected chi connectivity index (χ3v) is 5.12. The highest BCUT2D eigenvalue weighted by molar-refractivity contribution is 5.97. The van der Waals surface area contributed by atoms with Crippen molar-refractivity contribution in [1.82, 2.24) is 4.90 Å². The molecule has 23 heavy (non-hydrogen) atoms. The van der Waals surface area contributed by atoms with Crippen LogP contribution in [0.1, 0.15) is 48.5 Å². The van der Waals surface area contributed by atoms with Gasteiger partial charge in [-0.15, -0.1) is 0 Å². The van der Waals surface area contributed by atoms with Gasteiger partial charge >= 0.3 is 5.97 Å². The smallest absolute Gasteiger partial charge is 0.328 e. The third-order valence-electron chi connectivity index (χ3n) is 5.12. The minimum absolute atomic E-state index is 0.0707. The summed E-state index contributed by atoms with van der Waals surface area (Å²) in [6, 6.07) is 6.35. The Morgan fingerprint density at radius 3 is 2.39 bits per heavy atom. The first-order valence-corrected chi connectivity index (χ1v) is 8.20. The Morgan fingerprint density at radius 2 is 1.83 bits per heavy atom. The van der Waals surface area contributed by atoms with E-state index in [-0.39, 0.29) is 12.5 Å². The summed E-state index contributed by atoms with van der Waals surface area (Å²) < 4.78 is 5.91. The van der Waals surface area contributed by atoms with E-state index < -0.39 is 17.7 Å². The first kappa shape index (κ1) is 16.0. The number of carbonyl (C=O) groups excluding carboxylic acids is 1. The Labute approximate surface area is 136 Å². The molecule has 0 aromatic heterocycles. The molecular formula is C18H23NO4. The van der Waals surface area contributed by atoms with Crippen LogP contribution in [0.5, 0.6) is 0 Å². The summed E-state index contributed by atoms with van der Waals surface area (Å²) in [5.41, 5.74) is 0.831. The molecule has 1 saturated heterocycles. The van der Waals surface area contributed by atoms with Crippen LogP contribution in [-0.2, 0) is 9.53 Å². The molecule has 1 N–H and O–H groups in total. The second-order valence-corrected chi connectivity index (χ2v) is 6.83. The number of aliphatic carboxylic acids is 1. The van der Waals surface area contributed by atoms with Crippen LogP contribution in [0.25, 0.3) is 0 Å². The fraction of sp³-hybridized carbons (Fsp3) is 0.556. The number of ether oxygens (including phenoxy) is 1. The standard InChI is InChI=1S/C18H23NO4/c1-12-3-5-14(6-4-12)16(20)19-15(17(21)22)11-23-18(19)9-7-13(2)8-10-18/h3-6,13,15H,7-11H2,1-2H3,(H,21,22)/t13?,15-,18?/m1/s1. The SMILES string of the molecule is Cc1ccc(C(=O)N2[C@@H](C(=O)O)COC23CCC(C)CC3)cc1. The van der Waals surface area contributed by atoms with Crippen molar-refractivity contribution in [3.63, 3.8) is 0 Å². The van der Waals surface area contributed by atoms with Gasteiger partial charge in [0, 0.05) is 5.56 Å². The summed E-state index contributed by atoms with van der Waals surface area (Å²) in [4.78, 5) is 26.1. The van der Waals surface area contributed by atoms with E-state index in [1.54, 1.807) is 12.1 Å². The number of hydrogen-bond donors (Lipinski definition) is 1. The summed E-state index contributed by atoms with van der Waals surface area (Å²) in [7, 11) is 0. The molecule has 1 heterocycles. The molecule has 0 bridgehead atoms. The lowest BCUT2D eigenvalue weighted by Gasteiger charge is -2.42. The van der Waals surface area contributed by atoms with Gasteiger partial charge in [-0.2, -0.15) is 0 Å². The van der Waals surface area contributed by atoms with Crippen molar-refractivity contribution in [3.05, 3.63) is 35.4 Å². The molecular weight excluding hydrogens is 294 g/mol. The molecule has 1 saturated carbocycles. The number of rotatable bonds is 2. The third kappa shape index (κ3) is 2.85. The molecule has 1 atom stereocenters. The van der Waals surface area contributed by atoms with E-state index in [0.29, 0.717) is 24.3 Å². The zero-order chi connectivity index (χ0) is 16.6. The van der Waals surface area contributed by atoms with Gasteiger partial charge in [0.05, 0.1) is 6.61 Å². The average molecular weight is 317 g/mol. The second kappa shape index (κ2) is 5.96. The van der Waals surface area contributed by atoms with Crippen molar-refractivity contribution < 1.29 is 19.4 Å². The van der Waals surface area contributed by atoms with Crippen LogP contribution in [0.2, 0.25) is 0 Å². The monoisotopic (exact) mass is 317 g/mol. The number of carboxylic acid groups (broad SMARTS) is 1. The highest BCUT2D eigenvalue weighted by Gasteiger charge is 2.53. The number of amides is 1. The van der Waals surface area contributed by atoms with Crippen LogP contribution in [0.4, 0.5) is 0 Å². The minimum Gasteiger partial charge on any atom is -0.480 e. The predicted octanol–water partition coefficient (Wildman–Crippen LogP) is 2.83. The van der Waals surface area contributed by atoms with Gasteiger partial charge in [0.15, 0.2) is 6.04 Å². The molecule has 3 rings (SSSR count). The number of carboxylic acids is 1. The van der Waals surface area contributed by atoms with Crippen LogP contribution >= 0.6 is 0 Å². The zero-order valence-corrected chi connectivity index (χ0v) is 13.6. The largest absolute Gasteiger partial charge is 0.480 e. The number of carbonyl (C=O) groups is 2. The quantitative estimate of drug-likeness (QED) is 0.911. The molecule has 5 nitrogen and oxygen atoms in total. The zero-order valence-electron chi connectivity index (χ0n) is 13.6. The maximum atomic E-state index is 13.0. The lowest BCUT2D eigenvalue weighted by molar-refractivity contribution is -0.143. The van der Waals surface area contributed by atoms with Gasteiger partial charge in [-0.05, 0) is 50.7 Å². The fourth-order valence-corrected chi connectivity index (χ4v) is 3.60. The molecule has 1 amide bonds. The van der Waals surface area contributed by atoms with Gasteiger partial charge in [0.25, 0.3) is 5.91 Å². The van der Waals surface area contributed by atoms with Crippen LogP contribution in [0.3, 0.4) is 0 Å². The summed E-state index contributed by atoms with van der Waals surface area (Å²) in [5.74, 6) is -0.658. The molecule has 1 aliphatic carbocycles. The van der Waals surface area contributed by atoms with Gasteiger partial charge in [-0.25, -0.2) is 4.79 Å². The number of aryl methyl sites for hydroxylation is 1. The van der Waals surface area contributed by atoms with Gasteiger partial charge < -0.3 is 9.84 Å². The number of hydrogen-bond acceptors (Lipinski definition) is 3. The molecule has 1 spiro atoms. The molecule has 1 aromatic carbocycles. The maximum absolute atomic E-state index is 13.0. The maximum Gasteiger partial charge on any atom is 0.328 e. The summed E-state index contributed by atoms with van der Waals surface area (Å²) in [6.45, 7) is 4.21. The highest BCUT2D eigenvalue weighted by atomic mass is 16.5. The summed E-state index contributed by atoms with van der Waals surface area (Å²) >= 11 is 0. The van der Waals surface area contributed by atoms with E-state index in [9.17, 15) is 14.7 Å². The van der Waals surface area contributed by atoms with E-state index in [1.807, 2.05) is 19.1 Å². The predicted molar refractivity (Wildman–Crippen MR) is 85.1 cm³/mol. The van der Waals surface area contributed by atoms with Crippen LogP contribution < -0.4 is 0 Å². The molecule has 0 unspecified atom stereocenters. The van der Waals surface area contributed by atoms with Crippen LogP contribution in [0, 0.1) is 12.8 Å². The molecule has 124 valence electrons. The van der Waals surface area contributed by atoms with Gasteiger partial charge in [0.2, 0.25) is 0 Å². The summed E-state index contributed by atoms with van der Waals surface area (Å²) in [6.07, 6.45) is 3.30. The van der Waals surface area contributed by atoms with Crippen molar-refractivity contribution in [2.24, 2.45) is 5.92 Å². The summed E-state index contributed by atoms with van der Waals surface area (Å²) in [5, 5.41) is 9.52. The van der Waals surface area contributed by atoms with Crippen LogP contribution in [-0.4, -0.2) is 40.3 Å². The van der Waals surface area contributed by atoms with E-state index in [1.165, 1.54) is 4.90 Å². The Bertz CT molecular complexity index is 602. The Hall–Kier alpha value is -1.88. The Balaban J connectivity index is 1.94. The second-order valence-electron chi connectivity index (χ2n) is 6.83. The van der Waals surface area contributed by atoms with Crippen LogP contribution in [0.15, 0.2) is 24.3 Å². The molecule has 1 aromatic rings. The lowest BCUT2D eigenvalue weighted by Crippen LogP contribution is -2.55. The minimum atomic E-state index is -0.999. The first-order valence-electron chi connectivity index (χ1n) is 8.20. The van der Waals surface area contributed by atoms with Crippen molar-refractivity contribution in [1.29, 1.82) is 0 Å². The van der Waals surface area contributed by atoms with E-state index in [0.717, 1.165) is 18.4 Å². The highest BCUT2D eigenvalue weighted by Crippen LogP contribution is 2.43. The van der Waals surface area contributed by atoms with Crippen molar-refractivity contribution in [2.45, 2.75) is 51.3 Å². The fourth-order valence-electron chi connectivity index (χ4n) is 3.60. The van der Waals surface area contributed by atoms with E-state index >= 15 is 0 Å². The molecule has 2 aliphatic rings. The number of nitrogens with zero attached hydrogens (tertiary/aromatic N) is 1. The molecule has 0 radical (unpaired) electrons. The molecule has 5 heteroatoms. The average Bonchev–Trinajstić information content (AvgIpc) is 2.90. The first-order chi connectivity index (χ1) is 10.9. The number of benzene rings is 1. The van der Waals surface area contributed by atoms with Gasteiger partial charge in [0.1, 0.15) is 5.72 Å². The van der Waals surface area contributed by atoms with E-state index in [2.05, 4.69) is 6.92 Å². The topological polar surface area (TPSA) is 66.8 Å². The molecule has 1 aliphatic heterocycles. The lowest BCUT2D eigenvalue weighted by atomic mass is 9.83. The Kier molecular flexibility index (Phi) is 4.15. The normalized spacial score (nSPS) is 30.6. The van der Waals surface area contributed by atoms with Gasteiger partial charge in [-0.1, -0.05) is 24.6 Å². The van der Waals surface area contributed by atoms with Crippen molar-refractivity contribution in [3.8, 4) is 0 Å². The van der Waals surface area contributed by atoms with Crippen molar-refractivity contribution in [2.75, 3.05) is 6.61 Å². The Morgan fingerprint density at radius 1 is 1.22 bits per heavy atom. The van der Waals surface area contributed by atoms with E-state index in [4.69, 9.17) is 4.74 Å². The molecule has 2 fully saturated rings.